The fourth-order valence-electron chi connectivity index (χ4n) is 0.214. The molecule has 0 aromatic heterocycles. The molecule has 0 saturated carbocycles. The van der Waals surface area contributed by atoms with Gasteiger partial charge in [0, 0.05) is 0 Å². The molecule has 0 aromatic carbocycles. The Kier molecular flexibility index (Phi) is 1.07. The van der Waals surface area contributed by atoms with Gasteiger partial charge in [-0.2, -0.15) is 0 Å². The first-order chi connectivity index (χ1) is 2.39. The summed E-state index contributed by atoms with van der Waals surface area (Å²) in [6.45, 7) is 0.990. The van der Waals surface area contributed by atoms with Crippen molar-refractivity contribution in [3.05, 3.63) is 0 Å². The van der Waals surface area contributed by atoms with Crippen molar-refractivity contribution in [2.45, 2.75) is 10.9 Å². The van der Waals surface area contributed by atoms with Crippen LogP contribution in [0.15, 0.2) is 0 Å². The Morgan fingerprint density at radius 1 is 1.80 bits per heavy atom. The molecule has 1 unspecified atom stereocenters. The van der Waals surface area contributed by atoms with Crippen LogP contribution in [0.4, 0.5) is 0 Å². The van der Waals surface area contributed by atoms with Crippen molar-refractivity contribution in [3.8, 4) is 0 Å². The Morgan fingerprint density at radius 2 is 2.20 bits per heavy atom. The van der Waals surface area contributed by atoms with Gasteiger partial charge in [0.05, 0.1) is 0 Å². The maximum absolute atomic E-state index is 4.94. The van der Waals surface area contributed by atoms with Gasteiger partial charge in [0.15, 0.2) is 0 Å². The summed E-state index contributed by atoms with van der Waals surface area (Å²) in [5, 5.41) is 0. The van der Waals surface area contributed by atoms with Crippen molar-refractivity contribution in [1.82, 2.24) is 0 Å². The molecule has 0 aliphatic carbocycles. The molecule has 1 rings (SSSR count). The van der Waals surface area contributed by atoms with Crippen LogP contribution in [0.25, 0.3) is 0 Å². The van der Waals surface area contributed by atoms with Crippen molar-refractivity contribution in [1.29, 1.82) is 0 Å². The summed E-state index contributed by atoms with van der Waals surface area (Å²) in [6, 6.07) is 0. The second kappa shape index (κ2) is 1.40. The average molecular weight is 153 g/mol. The molecule has 1 nitrogen and oxygen atoms in total. The molecule has 1 heterocycles. The first-order valence-corrected chi connectivity index (χ1v) is 2.83. The molecule has 1 aliphatic heterocycles. The third-order valence-electron chi connectivity index (χ3n) is 0.657. The van der Waals surface area contributed by atoms with Crippen LogP contribution in [0, 0.1) is 0 Å². The molecule has 1 saturated heterocycles. The Hall–Kier alpha value is 0.648. The topological polar surface area (TPSA) is 9.23 Å². The third kappa shape index (κ3) is 0.738. The Balaban J connectivity index is 2.08. The van der Waals surface area contributed by atoms with E-state index in [1.165, 1.54) is 6.42 Å². The standard InChI is InChI=1S/C3H5O.Mo/c1-2-4-3-1;/h2H,1,3H2;. The van der Waals surface area contributed by atoms with Gasteiger partial charge in [0.25, 0.3) is 0 Å². The van der Waals surface area contributed by atoms with Gasteiger partial charge in [-0.1, -0.05) is 0 Å². The Bertz CT molecular complexity index is 33.9. The van der Waals surface area contributed by atoms with E-state index in [1.54, 1.807) is 0 Å². The summed E-state index contributed by atoms with van der Waals surface area (Å²) in [5.41, 5.74) is 0. The predicted octanol–water partition coefficient (Wildman–Crippen LogP) is 0.280. The quantitative estimate of drug-likeness (QED) is 0.454. The summed E-state index contributed by atoms with van der Waals surface area (Å²) in [5.74, 6) is 0. The molecular formula is C3H5MoO. The second-order valence-corrected chi connectivity index (χ2v) is 2.38. The van der Waals surface area contributed by atoms with Crippen molar-refractivity contribution in [2.24, 2.45) is 0 Å². The molecule has 0 N–H and O–H groups in total. The fourth-order valence-corrected chi connectivity index (χ4v) is 0.687. The van der Waals surface area contributed by atoms with Gasteiger partial charge in [-0.05, 0) is 0 Å². The molecular weight excluding hydrogens is 148 g/mol. The summed E-state index contributed by atoms with van der Waals surface area (Å²) >= 11 is 2.03. The van der Waals surface area contributed by atoms with Gasteiger partial charge in [0.1, 0.15) is 0 Å². The first kappa shape index (κ1) is 3.83. The zero-order valence-electron chi connectivity index (χ0n) is 2.81. The van der Waals surface area contributed by atoms with E-state index in [0.717, 1.165) is 6.61 Å². The molecule has 0 aromatic rings. The van der Waals surface area contributed by atoms with Crippen LogP contribution < -0.4 is 0 Å². The number of hydrogen-bond donors (Lipinski definition) is 0. The number of rotatable bonds is 0. The van der Waals surface area contributed by atoms with Crippen LogP contribution in [0.1, 0.15) is 6.42 Å². The van der Waals surface area contributed by atoms with E-state index < -0.39 is 0 Å². The number of ether oxygens (including phenoxy) is 1. The van der Waals surface area contributed by atoms with Gasteiger partial charge >= 0.3 is 42.1 Å². The number of hydrogen-bond acceptors (Lipinski definition) is 1. The molecule has 1 aliphatic rings. The van der Waals surface area contributed by atoms with Crippen LogP contribution in [-0.2, 0) is 24.6 Å². The molecule has 0 bridgehead atoms. The zero-order valence-corrected chi connectivity index (χ0v) is 4.82. The van der Waals surface area contributed by atoms with E-state index in [2.05, 4.69) is 0 Å². The van der Waals surface area contributed by atoms with Crippen molar-refractivity contribution >= 4 is 0 Å². The zero-order chi connectivity index (χ0) is 3.70. The molecule has 1 fully saturated rings. The van der Waals surface area contributed by atoms with E-state index in [-0.39, 0.29) is 0 Å². The van der Waals surface area contributed by atoms with E-state index in [1.807, 2.05) is 19.8 Å². The van der Waals surface area contributed by atoms with E-state index in [4.69, 9.17) is 4.74 Å². The van der Waals surface area contributed by atoms with Crippen LogP contribution >= 0.6 is 0 Å². The predicted molar refractivity (Wildman–Crippen MR) is 14.4 cm³/mol. The van der Waals surface area contributed by atoms with E-state index >= 15 is 0 Å². The van der Waals surface area contributed by atoms with Gasteiger partial charge in [-0.15, -0.1) is 0 Å². The molecule has 0 amide bonds. The SMILES string of the molecule is [Mo][CH]1CCO1. The summed E-state index contributed by atoms with van der Waals surface area (Å²) < 4.78 is 5.51. The Labute approximate surface area is 42.6 Å². The molecule has 0 radical (unpaired) electrons. The molecule has 0 spiro atoms. The van der Waals surface area contributed by atoms with Crippen LogP contribution in [0.5, 0.6) is 0 Å². The average Bonchev–Trinajstić information content (AvgIpc) is 1.30. The van der Waals surface area contributed by atoms with Crippen molar-refractivity contribution < 1.29 is 24.6 Å². The van der Waals surface area contributed by atoms with Crippen LogP contribution in [0.2, 0.25) is 0 Å². The van der Waals surface area contributed by atoms with E-state index in [9.17, 15) is 0 Å². The van der Waals surface area contributed by atoms with Crippen LogP contribution in [0.3, 0.4) is 0 Å². The maximum atomic E-state index is 4.94. The van der Waals surface area contributed by atoms with E-state index in [0.29, 0.717) is 4.49 Å². The first-order valence-electron chi connectivity index (χ1n) is 1.67. The fraction of sp³-hybridized carbons (Fsp3) is 1.00. The molecule has 5 heavy (non-hydrogen) atoms. The monoisotopic (exact) mass is 155 g/mol. The van der Waals surface area contributed by atoms with Gasteiger partial charge in [-0.3, -0.25) is 0 Å². The normalized spacial score (nSPS) is 36.4. The van der Waals surface area contributed by atoms with Gasteiger partial charge in [-0.25, -0.2) is 0 Å². The minimum absolute atomic E-state index is 0.575. The van der Waals surface area contributed by atoms with Gasteiger partial charge in [0.2, 0.25) is 0 Å². The van der Waals surface area contributed by atoms with Gasteiger partial charge < -0.3 is 0 Å². The molecule has 1 atom stereocenters. The van der Waals surface area contributed by atoms with Crippen LogP contribution in [-0.4, -0.2) is 11.1 Å². The summed E-state index contributed by atoms with van der Waals surface area (Å²) in [6.07, 6.45) is 1.27. The molecule has 29 valence electrons. The summed E-state index contributed by atoms with van der Waals surface area (Å²) in [7, 11) is 0. The van der Waals surface area contributed by atoms with Crippen molar-refractivity contribution in [2.75, 3.05) is 6.61 Å². The third-order valence-corrected chi connectivity index (χ3v) is 1.57. The Morgan fingerprint density at radius 3 is 2.20 bits per heavy atom. The van der Waals surface area contributed by atoms with Crippen molar-refractivity contribution in [3.63, 3.8) is 0 Å². The summed E-state index contributed by atoms with van der Waals surface area (Å²) in [4.78, 5) is 0. The second-order valence-electron chi connectivity index (χ2n) is 1.09. The molecule has 2 heteroatoms. The minimum atomic E-state index is 0.575.